The minimum atomic E-state index is -0.0638. The third-order valence-electron chi connectivity index (χ3n) is 8.30. The van der Waals surface area contributed by atoms with Gasteiger partial charge in [0.05, 0.1) is 11.7 Å². The maximum atomic E-state index is 13.3. The molecule has 0 atom stereocenters. The molecule has 210 valence electrons. The van der Waals surface area contributed by atoms with Gasteiger partial charge in [-0.15, -0.1) is 10.2 Å². The molecule has 5 heterocycles. The zero-order valence-electron chi connectivity index (χ0n) is 23.3. The number of carbonyl (C=O) groups excluding carboxylic acids is 1. The average Bonchev–Trinajstić information content (AvgIpc) is 3.37. The molecule has 41 heavy (non-hydrogen) atoms. The number of rotatable bonds is 8. The third kappa shape index (κ3) is 4.90. The van der Waals surface area contributed by atoms with E-state index in [0.29, 0.717) is 42.1 Å². The molecule has 4 aromatic heterocycles. The summed E-state index contributed by atoms with van der Waals surface area (Å²) >= 11 is 0. The van der Waals surface area contributed by atoms with Crippen molar-refractivity contribution in [2.24, 2.45) is 0 Å². The first-order chi connectivity index (χ1) is 20.1. The Morgan fingerprint density at radius 2 is 1.85 bits per heavy atom. The van der Waals surface area contributed by atoms with Crippen LogP contribution in [0.4, 0.5) is 0 Å². The number of aromatic nitrogens is 7. The van der Waals surface area contributed by atoms with Gasteiger partial charge in [0, 0.05) is 54.8 Å². The van der Waals surface area contributed by atoms with Crippen molar-refractivity contribution in [1.82, 2.24) is 45.6 Å². The predicted molar refractivity (Wildman–Crippen MR) is 153 cm³/mol. The lowest BCUT2D eigenvalue weighted by molar-refractivity contribution is 0.0700. The van der Waals surface area contributed by atoms with E-state index in [1.54, 1.807) is 6.20 Å². The second-order valence-corrected chi connectivity index (χ2v) is 11.0. The Labute approximate surface area is 237 Å². The summed E-state index contributed by atoms with van der Waals surface area (Å²) in [7, 11) is 0. The fourth-order valence-electron chi connectivity index (χ4n) is 5.62. The van der Waals surface area contributed by atoms with Crippen LogP contribution in [0.25, 0.3) is 33.5 Å². The molecule has 1 aliphatic heterocycles. The number of fused-ring (bicyclic) bond motifs is 1. The lowest BCUT2D eigenvalue weighted by Crippen LogP contribution is -2.38. The van der Waals surface area contributed by atoms with Crippen LogP contribution in [0.1, 0.15) is 77.8 Å². The van der Waals surface area contributed by atoms with Gasteiger partial charge in [0.1, 0.15) is 11.4 Å². The number of amides is 1. The van der Waals surface area contributed by atoms with Gasteiger partial charge in [-0.25, -0.2) is 4.98 Å². The van der Waals surface area contributed by atoms with Crippen molar-refractivity contribution in [3.05, 3.63) is 65.4 Å². The van der Waals surface area contributed by atoms with Crippen molar-refractivity contribution in [3.63, 3.8) is 0 Å². The number of hydrogen-bond acceptors (Lipinski definition) is 8. The molecule has 5 aromatic rings. The first-order valence-electron chi connectivity index (χ1n) is 14.4. The van der Waals surface area contributed by atoms with Gasteiger partial charge in [-0.2, -0.15) is 5.10 Å². The first kappa shape index (κ1) is 25.6. The summed E-state index contributed by atoms with van der Waals surface area (Å²) in [6.07, 6.45) is 9.31. The Bertz CT molecular complexity index is 1710. The van der Waals surface area contributed by atoms with E-state index in [0.717, 1.165) is 66.7 Å². The molecule has 1 saturated carbocycles. The van der Waals surface area contributed by atoms with Crippen LogP contribution in [-0.4, -0.2) is 65.8 Å². The third-order valence-corrected chi connectivity index (χ3v) is 8.30. The van der Waals surface area contributed by atoms with Crippen LogP contribution in [0.15, 0.2) is 41.2 Å². The average molecular weight is 552 g/mol. The zero-order valence-corrected chi connectivity index (χ0v) is 23.3. The predicted octanol–water partition coefficient (Wildman–Crippen LogP) is 4.71. The Kier molecular flexibility index (Phi) is 6.58. The molecule has 2 aliphatic rings. The molecule has 0 radical (unpaired) electrons. The summed E-state index contributed by atoms with van der Waals surface area (Å²) in [5, 5.41) is 20.5. The number of pyridine rings is 1. The van der Waals surface area contributed by atoms with E-state index < -0.39 is 0 Å². The highest BCUT2D eigenvalue weighted by Gasteiger charge is 2.33. The molecular weight excluding hydrogens is 518 g/mol. The number of carbonyl (C=O) groups is 1. The van der Waals surface area contributed by atoms with E-state index in [-0.39, 0.29) is 11.8 Å². The second kappa shape index (κ2) is 10.5. The summed E-state index contributed by atoms with van der Waals surface area (Å²) in [4.78, 5) is 27.5. The van der Waals surface area contributed by atoms with Gasteiger partial charge in [0.2, 0.25) is 11.8 Å². The van der Waals surface area contributed by atoms with Gasteiger partial charge in [-0.1, -0.05) is 13.0 Å². The molecule has 7 rings (SSSR count). The Morgan fingerprint density at radius 1 is 1.07 bits per heavy atom. The molecule has 11 nitrogen and oxygen atoms in total. The molecule has 3 N–H and O–H groups in total. The van der Waals surface area contributed by atoms with Crippen molar-refractivity contribution in [2.45, 2.75) is 57.9 Å². The monoisotopic (exact) mass is 551 g/mol. The number of imidazole rings is 1. The van der Waals surface area contributed by atoms with Gasteiger partial charge in [-0.3, -0.25) is 14.9 Å². The molecule has 1 aromatic carbocycles. The number of benzene rings is 1. The lowest BCUT2D eigenvalue weighted by Gasteiger charge is -2.30. The van der Waals surface area contributed by atoms with Gasteiger partial charge in [-0.05, 0) is 68.0 Å². The number of nitrogens with one attached hydrogen (secondary N) is 3. The quantitative estimate of drug-likeness (QED) is 0.252. The second-order valence-electron chi connectivity index (χ2n) is 11.0. The van der Waals surface area contributed by atoms with Crippen LogP contribution in [0.2, 0.25) is 0 Å². The van der Waals surface area contributed by atoms with E-state index >= 15 is 0 Å². The van der Waals surface area contributed by atoms with Crippen molar-refractivity contribution in [1.29, 1.82) is 0 Å². The van der Waals surface area contributed by atoms with Gasteiger partial charge in [0.25, 0.3) is 5.91 Å². The van der Waals surface area contributed by atoms with Crippen LogP contribution in [0.5, 0.6) is 0 Å². The Hall–Kier alpha value is -4.38. The van der Waals surface area contributed by atoms with Crippen LogP contribution >= 0.6 is 0 Å². The van der Waals surface area contributed by atoms with Crippen molar-refractivity contribution in [3.8, 4) is 22.6 Å². The van der Waals surface area contributed by atoms with E-state index in [2.05, 4.69) is 66.6 Å². The fourth-order valence-corrected chi connectivity index (χ4v) is 5.62. The summed E-state index contributed by atoms with van der Waals surface area (Å²) in [5.41, 5.74) is 6.54. The molecule has 0 unspecified atom stereocenters. The topological polar surface area (TPSA) is 142 Å². The summed E-state index contributed by atoms with van der Waals surface area (Å²) in [6.45, 7) is 7.17. The molecule has 1 amide bonds. The number of H-pyrrole nitrogens is 2. The number of likely N-dealkylation sites (tertiary alicyclic amines) is 1. The molecule has 2 fully saturated rings. The van der Waals surface area contributed by atoms with E-state index in [9.17, 15) is 4.79 Å². The smallest absolute Gasteiger partial charge is 0.271 e. The van der Waals surface area contributed by atoms with Gasteiger partial charge < -0.3 is 19.6 Å². The normalized spacial score (nSPS) is 16.1. The van der Waals surface area contributed by atoms with Crippen LogP contribution in [0, 0.1) is 6.92 Å². The van der Waals surface area contributed by atoms with Crippen molar-refractivity contribution in [2.75, 3.05) is 19.6 Å². The molecule has 11 heteroatoms. The maximum Gasteiger partial charge on any atom is 0.271 e. The number of aromatic amines is 2. The highest BCUT2D eigenvalue weighted by atomic mass is 16.4. The lowest BCUT2D eigenvalue weighted by atomic mass is 9.96. The highest BCUT2D eigenvalue weighted by Crippen LogP contribution is 2.40. The van der Waals surface area contributed by atoms with Gasteiger partial charge in [0.15, 0.2) is 5.82 Å². The summed E-state index contributed by atoms with van der Waals surface area (Å²) < 4.78 is 5.91. The highest BCUT2D eigenvalue weighted by molar-refractivity contribution is 5.96. The van der Waals surface area contributed by atoms with Crippen molar-refractivity contribution < 1.29 is 9.21 Å². The molecule has 0 spiro atoms. The summed E-state index contributed by atoms with van der Waals surface area (Å²) in [5.74, 6) is 2.62. The maximum absolute atomic E-state index is 13.3. The van der Waals surface area contributed by atoms with Crippen LogP contribution in [0.3, 0.4) is 0 Å². The molecule has 1 saturated heterocycles. The first-order valence-corrected chi connectivity index (χ1v) is 14.4. The Balaban J connectivity index is 1.08. The van der Waals surface area contributed by atoms with Gasteiger partial charge >= 0.3 is 0 Å². The molecule has 1 aliphatic carbocycles. The number of piperidine rings is 1. The van der Waals surface area contributed by atoms with E-state index in [1.165, 1.54) is 11.1 Å². The fraction of sp³-hybridized carbons (Fsp3) is 0.400. The largest absolute Gasteiger partial charge is 0.425 e. The van der Waals surface area contributed by atoms with E-state index in [1.807, 2.05) is 23.4 Å². The minimum absolute atomic E-state index is 0.0638. The summed E-state index contributed by atoms with van der Waals surface area (Å²) in [6, 6.07) is 6.21. The SMILES string of the molecule is CCNCc1cncc(-c2ccc3[nH]nc(-c4ncc(C(=O)N5CCC(c6nnc(C7CC7)o6)CC5)[nH]4)c3c2)c1C. The zero-order chi connectivity index (χ0) is 27.9. The van der Waals surface area contributed by atoms with Crippen molar-refractivity contribution >= 4 is 16.8 Å². The standard InChI is InChI=1S/C30H33N9O2/c1-3-31-13-21-14-32-15-23(17(21)2)20-6-7-24-22(12-20)26(36-35-24)27-33-16-25(34-27)30(40)39-10-8-19(9-11-39)29-38-37-28(41-29)18-4-5-18/h6-7,12,14-16,18-19,31H,3-5,8-11,13H2,1-2H3,(H,33,34)(H,35,36). The number of hydrogen-bond donors (Lipinski definition) is 3. The minimum Gasteiger partial charge on any atom is -0.425 e. The molecular formula is C30H33N9O2. The molecule has 0 bridgehead atoms. The van der Waals surface area contributed by atoms with Crippen LogP contribution in [-0.2, 0) is 6.54 Å². The Morgan fingerprint density at radius 3 is 2.61 bits per heavy atom. The number of nitrogens with zero attached hydrogens (tertiary/aromatic N) is 6. The van der Waals surface area contributed by atoms with Crippen LogP contribution < -0.4 is 5.32 Å². The van der Waals surface area contributed by atoms with E-state index in [4.69, 9.17) is 4.42 Å².